The van der Waals surface area contributed by atoms with Gasteiger partial charge in [-0.15, -0.1) is 6.58 Å². The monoisotopic (exact) mass is 195 g/mol. The fourth-order valence-electron chi connectivity index (χ4n) is 1.60. The Morgan fingerprint density at radius 3 is 2.50 bits per heavy atom. The average Bonchev–Trinajstić information content (AvgIpc) is 2.93. The van der Waals surface area contributed by atoms with Gasteiger partial charge in [-0.25, -0.2) is 0 Å². The molecule has 0 heterocycles. The zero-order valence-electron chi connectivity index (χ0n) is 9.97. The first-order chi connectivity index (χ1) is 6.59. The van der Waals surface area contributed by atoms with Crippen molar-refractivity contribution in [1.29, 1.82) is 0 Å². The molecule has 1 rings (SSSR count). The van der Waals surface area contributed by atoms with Gasteiger partial charge in [0.1, 0.15) is 0 Å². The maximum atomic E-state index is 3.96. The molecule has 2 atom stereocenters. The Morgan fingerprint density at radius 1 is 1.36 bits per heavy atom. The SMILES string of the molecule is C=C(C)CCC(C)C(C)CNC1CC1. The first kappa shape index (κ1) is 11.8. The van der Waals surface area contributed by atoms with Gasteiger partial charge in [-0.2, -0.15) is 0 Å². The summed E-state index contributed by atoms with van der Waals surface area (Å²) in [7, 11) is 0. The molecule has 1 saturated carbocycles. The van der Waals surface area contributed by atoms with Gasteiger partial charge in [0.2, 0.25) is 0 Å². The van der Waals surface area contributed by atoms with Crippen molar-refractivity contribution in [3.63, 3.8) is 0 Å². The topological polar surface area (TPSA) is 12.0 Å². The Labute approximate surface area is 89.0 Å². The molecule has 1 heteroatoms. The summed E-state index contributed by atoms with van der Waals surface area (Å²) < 4.78 is 0. The Kier molecular flexibility index (Phi) is 4.67. The average molecular weight is 195 g/mol. The van der Waals surface area contributed by atoms with Crippen molar-refractivity contribution in [1.82, 2.24) is 5.32 Å². The van der Waals surface area contributed by atoms with Crippen LogP contribution < -0.4 is 5.32 Å². The lowest BCUT2D eigenvalue weighted by Crippen LogP contribution is -2.26. The molecule has 0 aromatic heterocycles. The number of rotatable bonds is 7. The number of nitrogens with one attached hydrogen (secondary N) is 1. The lowest BCUT2D eigenvalue weighted by molar-refractivity contribution is 0.346. The Bertz CT molecular complexity index is 182. The summed E-state index contributed by atoms with van der Waals surface area (Å²) in [5.41, 5.74) is 1.32. The molecule has 0 aliphatic heterocycles. The maximum absolute atomic E-state index is 3.96. The minimum Gasteiger partial charge on any atom is -0.314 e. The molecule has 0 spiro atoms. The molecule has 0 bridgehead atoms. The summed E-state index contributed by atoms with van der Waals surface area (Å²) in [5.74, 6) is 1.62. The second-order valence-electron chi connectivity index (χ2n) is 5.13. The predicted octanol–water partition coefficient (Wildman–Crippen LogP) is 3.37. The van der Waals surface area contributed by atoms with Crippen molar-refractivity contribution in [2.45, 2.75) is 52.5 Å². The number of hydrogen-bond donors (Lipinski definition) is 1. The maximum Gasteiger partial charge on any atom is 0.00683 e. The summed E-state index contributed by atoms with van der Waals surface area (Å²) in [6, 6.07) is 0.853. The van der Waals surface area contributed by atoms with E-state index < -0.39 is 0 Å². The van der Waals surface area contributed by atoms with E-state index in [1.807, 2.05) is 0 Å². The van der Waals surface area contributed by atoms with Crippen LogP contribution in [-0.4, -0.2) is 12.6 Å². The van der Waals surface area contributed by atoms with Crippen LogP contribution in [0.4, 0.5) is 0 Å². The molecule has 1 fully saturated rings. The van der Waals surface area contributed by atoms with E-state index in [1.54, 1.807) is 0 Å². The predicted molar refractivity (Wildman–Crippen MR) is 63.4 cm³/mol. The van der Waals surface area contributed by atoms with E-state index in [-0.39, 0.29) is 0 Å². The third kappa shape index (κ3) is 4.80. The zero-order chi connectivity index (χ0) is 10.6. The number of hydrogen-bond acceptors (Lipinski definition) is 1. The highest BCUT2D eigenvalue weighted by atomic mass is 14.9. The van der Waals surface area contributed by atoms with Crippen molar-refractivity contribution in [2.75, 3.05) is 6.54 Å². The highest BCUT2D eigenvalue weighted by Gasteiger charge is 2.22. The van der Waals surface area contributed by atoms with Gasteiger partial charge < -0.3 is 5.32 Å². The first-order valence-corrected chi connectivity index (χ1v) is 5.97. The molecule has 2 unspecified atom stereocenters. The molecule has 1 nitrogen and oxygen atoms in total. The minimum atomic E-state index is 0.801. The molecule has 0 saturated heterocycles. The van der Waals surface area contributed by atoms with Crippen molar-refractivity contribution in [2.24, 2.45) is 11.8 Å². The van der Waals surface area contributed by atoms with Crippen molar-refractivity contribution in [3.8, 4) is 0 Å². The molecule has 0 radical (unpaired) electrons. The van der Waals surface area contributed by atoms with Crippen LogP contribution in [0.15, 0.2) is 12.2 Å². The van der Waals surface area contributed by atoms with E-state index in [2.05, 4.69) is 32.7 Å². The molecule has 1 N–H and O–H groups in total. The normalized spacial score (nSPS) is 20.5. The zero-order valence-corrected chi connectivity index (χ0v) is 9.97. The lowest BCUT2D eigenvalue weighted by Gasteiger charge is -2.20. The van der Waals surface area contributed by atoms with Crippen LogP contribution in [-0.2, 0) is 0 Å². The van der Waals surface area contributed by atoms with Gasteiger partial charge in [0.25, 0.3) is 0 Å². The molecule has 82 valence electrons. The Balaban J connectivity index is 2.07. The fraction of sp³-hybridized carbons (Fsp3) is 0.846. The molecule has 1 aliphatic carbocycles. The molecular formula is C13H25N. The van der Waals surface area contributed by atoms with Crippen molar-refractivity contribution >= 4 is 0 Å². The third-order valence-electron chi connectivity index (χ3n) is 3.30. The van der Waals surface area contributed by atoms with E-state index in [0.29, 0.717) is 0 Å². The van der Waals surface area contributed by atoms with Gasteiger partial charge in [-0.3, -0.25) is 0 Å². The second-order valence-corrected chi connectivity index (χ2v) is 5.13. The quantitative estimate of drug-likeness (QED) is 0.614. The van der Waals surface area contributed by atoms with E-state index >= 15 is 0 Å². The van der Waals surface area contributed by atoms with Gasteiger partial charge in [0, 0.05) is 6.04 Å². The Hall–Kier alpha value is -0.300. The van der Waals surface area contributed by atoms with E-state index in [1.165, 1.54) is 37.8 Å². The summed E-state index contributed by atoms with van der Waals surface area (Å²) in [6.07, 6.45) is 5.28. The minimum absolute atomic E-state index is 0.801. The smallest absolute Gasteiger partial charge is 0.00683 e. The first-order valence-electron chi connectivity index (χ1n) is 5.97. The van der Waals surface area contributed by atoms with Crippen LogP contribution in [0.25, 0.3) is 0 Å². The third-order valence-corrected chi connectivity index (χ3v) is 3.30. The van der Waals surface area contributed by atoms with Crippen LogP contribution in [0, 0.1) is 11.8 Å². The highest BCUT2D eigenvalue weighted by molar-refractivity contribution is 4.88. The van der Waals surface area contributed by atoms with Gasteiger partial charge in [0.15, 0.2) is 0 Å². The van der Waals surface area contributed by atoms with E-state index in [0.717, 1.165) is 17.9 Å². The molecule has 14 heavy (non-hydrogen) atoms. The van der Waals surface area contributed by atoms with Crippen LogP contribution in [0.1, 0.15) is 46.5 Å². The van der Waals surface area contributed by atoms with Gasteiger partial charge in [0.05, 0.1) is 0 Å². The molecule has 0 aromatic carbocycles. The van der Waals surface area contributed by atoms with E-state index in [9.17, 15) is 0 Å². The molecular weight excluding hydrogens is 170 g/mol. The molecule has 0 aromatic rings. The second kappa shape index (κ2) is 5.55. The fourth-order valence-corrected chi connectivity index (χ4v) is 1.60. The van der Waals surface area contributed by atoms with Crippen LogP contribution >= 0.6 is 0 Å². The van der Waals surface area contributed by atoms with Crippen LogP contribution in [0.2, 0.25) is 0 Å². The summed E-state index contributed by atoms with van der Waals surface area (Å²) in [4.78, 5) is 0. The lowest BCUT2D eigenvalue weighted by atomic mass is 9.90. The standard InChI is InChI=1S/C13H25N/c1-10(2)5-6-11(3)12(4)9-14-13-7-8-13/h11-14H,1,5-9H2,2-4H3. The Morgan fingerprint density at radius 2 is 2.00 bits per heavy atom. The van der Waals surface area contributed by atoms with E-state index in [4.69, 9.17) is 0 Å². The van der Waals surface area contributed by atoms with Crippen molar-refractivity contribution in [3.05, 3.63) is 12.2 Å². The molecule has 1 aliphatic rings. The van der Waals surface area contributed by atoms with Gasteiger partial charge in [-0.1, -0.05) is 19.4 Å². The summed E-state index contributed by atoms with van der Waals surface area (Å²) in [6.45, 7) is 12.0. The van der Waals surface area contributed by atoms with Gasteiger partial charge >= 0.3 is 0 Å². The van der Waals surface area contributed by atoms with Gasteiger partial charge in [-0.05, 0) is 51.0 Å². The van der Waals surface area contributed by atoms with Crippen molar-refractivity contribution < 1.29 is 0 Å². The summed E-state index contributed by atoms with van der Waals surface area (Å²) in [5, 5.41) is 3.60. The van der Waals surface area contributed by atoms with Crippen LogP contribution in [0.3, 0.4) is 0 Å². The highest BCUT2D eigenvalue weighted by Crippen LogP contribution is 2.22. The number of allylic oxidation sites excluding steroid dienone is 1. The summed E-state index contributed by atoms with van der Waals surface area (Å²) >= 11 is 0. The molecule has 0 amide bonds. The van der Waals surface area contributed by atoms with Crippen LogP contribution in [0.5, 0.6) is 0 Å². The largest absolute Gasteiger partial charge is 0.314 e.